The minimum absolute atomic E-state index is 0.145. The van der Waals surface area contributed by atoms with E-state index < -0.39 is 0 Å². The summed E-state index contributed by atoms with van der Waals surface area (Å²) < 4.78 is 1.92. The number of nitrogens with one attached hydrogen (secondary N) is 1. The Bertz CT molecular complexity index is 1060. The Morgan fingerprint density at radius 1 is 1.26 bits per heavy atom. The number of hydrogen-bond acceptors (Lipinski definition) is 7. The molecule has 0 saturated heterocycles. The molecule has 0 unspecified atom stereocenters. The van der Waals surface area contributed by atoms with Gasteiger partial charge >= 0.3 is 0 Å². The number of nitrogens with zero attached hydrogens (tertiary/aromatic N) is 5. The zero-order valence-electron chi connectivity index (χ0n) is 17.0. The Morgan fingerprint density at radius 3 is 2.87 bits per heavy atom. The number of aromatic nitrogens is 5. The largest absolute Gasteiger partial charge is 0.300 e. The number of benzene rings is 1. The first-order valence-corrected chi connectivity index (χ1v) is 12.4. The van der Waals surface area contributed by atoms with Gasteiger partial charge in [0.15, 0.2) is 11.0 Å². The smallest absolute Gasteiger partial charge is 0.236 e. The monoisotopic (exact) mass is 474 g/mol. The summed E-state index contributed by atoms with van der Waals surface area (Å²) in [6, 6.07) is 7.45. The van der Waals surface area contributed by atoms with Crippen LogP contribution in [0.2, 0.25) is 5.02 Å². The van der Waals surface area contributed by atoms with Crippen LogP contribution in [0.4, 0.5) is 5.13 Å². The summed E-state index contributed by atoms with van der Waals surface area (Å²) in [5, 5.41) is 22.7. The standard InChI is InChI=1S/C21H23ClN6OS2/c1-2-11-28-18(15-9-6-10-16(22)12-15)24-27-21(28)30-13-17(29)23-20-26-25-19(31-20)14-7-4-3-5-8-14/h2,6,9-10,12,14H,1,3-5,7-8,11,13H2,(H,23,26,29). The zero-order valence-corrected chi connectivity index (χ0v) is 19.3. The molecule has 0 atom stereocenters. The molecule has 1 aromatic carbocycles. The van der Waals surface area contributed by atoms with E-state index in [9.17, 15) is 4.79 Å². The highest BCUT2D eigenvalue weighted by atomic mass is 35.5. The van der Waals surface area contributed by atoms with Crippen molar-refractivity contribution in [3.05, 3.63) is 47.0 Å². The summed E-state index contributed by atoms with van der Waals surface area (Å²) in [5.74, 6) is 1.22. The summed E-state index contributed by atoms with van der Waals surface area (Å²) in [7, 11) is 0. The summed E-state index contributed by atoms with van der Waals surface area (Å²) in [6.07, 6.45) is 7.87. The van der Waals surface area contributed by atoms with Crippen molar-refractivity contribution in [1.82, 2.24) is 25.0 Å². The van der Waals surface area contributed by atoms with Gasteiger partial charge in [0.05, 0.1) is 5.75 Å². The van der Waals surface area contributed by atoms with Crippen LogP contribution in [0.3, 0.4) is 0 Å². The third kappa shape index (κ3) is 5.53. The highest BCUT2D eigenvalue weighted by Crippen LogP contribution is 2.35. The van der Waals surface area contributed by atoms with Gasteiger partial charge in [-0.2, -0.15) is 0 Å². The number of rotatable bonds is 8. The average molecular weight is 475 g/mol. The molecular formula is C21H23ClN6OS2. The van der Waals surface area contributed by atoms with E-state index in [1.54, 1.807) is 6.08 Å². The highest BCUT2D eigenvalue weighted by Gasteiger charge is 2.21. The quantitative estimate of drug-likeness (QED) is 0.347. The van der Waals surface area contributed by atoms with Gasteiger partial charge in [0.1, 0.15) is 5.01 Å². The molecule has 0 radical (unpaired) electrons. The van der Waals surface area contributed by atoms with Gasteiger partial charge in [-0.05, 0) is 25.0 Å². The first-order chi connectivity index (χ1) is 15.1. The van der Waals surface area contributed by atoms with Crippen molar-refractivity contribution in [3.8, 4) is 11.4 Å². The second-order valence-electron chi connectivity index (χ2n) is 7.33. The van der Waals surface area contributed by atoms with Crippen LogP contribution in [0.1, 0.15) is 43.0 Å². The number of halogens is 1. The van der Waals surface area contributed by atoms with Crippen LogP contribution < -0.4 is 5.32 Å². The molecule has 2 aromatic heterocycles. The predicted molar refractivity (Wildman–Crippen MR) is 126 cm³/mol. The molecule has 7 nitrogen and oxygen atoms in total. The molecule has 0 spiro atoms. The minimum atomic E-state index is -0.145. The Kier molecular flexibility index (Phi) is 7.37. The van der Waals surface area contributed by atoms with Gasteiger partial charge in [0, 0.05) is 23.0 Å². The molecule has 0 bridgehead atoms. The van der Waals surface area contributed by atoms with Crippen LogP contribution >= 0.6 is 34.7 Å². The summed E-state index contributed by atoms with van der Waals surface area (Å²) in [6.45, 7) is 4.34. The molecule has 1 saturated carbocycles. The van der Waals surface area contributed by atoms with E-state index in [2.05, 4.69) is 32.3 Å². The molecule has 2 heterocycles. The van der Waals surface area contributed by atoms with E-state index in [0.29, 0.717) is 33.6 Å². The maximum atomic E-state index is 12.5. The van der Waals surface area contributed by atoms with Gasteiger partial charge in [-0.3, -0.25) is 14.7 Å². The third-order valence-corrected chi connectivity index (χ3v) is 7.29. The van der Waals surface area contributed by atoms with E-state index in [4.69, 9.17) is 11.6 Å². The summed E-state index contributed by atoms with van der Waals surface area (Å²) >= 11 is 8.92. The number of anilines is 1. The van der Waals surface area contributed by atoms with E-state index in [0.717, 1.165) is 23.4 Å². The van der Waals surface area contributed by atoms with Crippen molar-refractivity contribution >= 4 is 45.7 Å². The van der Waals surface area contributed by atoms with Gasteiger partial charge in [0.2, 0.25) is 11.0 Å². The molecule has 3 aromatic rings. The molecule has 1 aliphatic rings. The first kappa shape index (κ1) is 22.0. The number of carbonyl (C=O) groups excluding carboxylic acids is 1. The second kappa shape index (κ2) is 10.4. The van der Waals surface area contributed by atoms with Crippen LogP contribution in [-0.2, 0) is 11.3 Å². The fraction of sp³-hybridized carbons (Fsp3) is 0.381. The number of thioether (sulfide) groups is 1. The fourth-order valence-corrected chi connectivity index (χ4v) is 5.48. The van der Waals surface area contributed by atoms with E-state index in [-0.39, 0.29) is 11.7 Å². The molecule has 10 heteroatoms. The van der Waals surface area contributed by atoms with Crippen LogP contribution in [0.15, 0.2) is 42.1 Å². The molecule has 1 amide bonds. The first-order valence-electron chi connectivity index (χ1n) is 10.2. The third-order valence-electron chi connectivity index (χ3n) is 5.09. The Morgan fingerprint density at radius 2 is 2.10 bits per heavy atom. The van der Waals surface area contributed by atoms with Crippen molar-refractivity contribution < 1.29 is 4.79 Å². The molecular weight excluding hydrogens is 452 g/mol. The molecule has 1 fully saturated rings. The van der Waals surface area contributed by atoms with Crippen molar-refractivity contribution in [3.63, 3.8) is 0 Å². The lowest BCUT2D eigenvalue weighted by Gasteiger charge is -2.18. The Labute approximate surface area is 194 Å². The number of hydrogen-bond donors (Lipinski definition) is 1. The lowest BCUT2D eigenvalue weighted by Crippen LogP contribution is -2.14. The lowest BCUT2D eigenvalue weighted by molar-refractivity contribution is -0.113. The normalized spacial score (nSPS) is 14.5. The van der Waals surface area contributed by atoms with E-state index in [1.807, 2.05) is 28.8 Å². The predicted octanol–water partition coefficient (Wildman–Crippen LogP) is 5.41. The molecule has 1 aliphatic carbocycles. The number of allylic oxidation sites excluding steroid dienone is 1. The van der Waals surface area contributed by atoms with Crippen LogP contribution in [0.25, 0.3) is 11.4 Å². The van der Waals surface area contributed by atoms with Gasteiger partial charge in [-0.15, -0.1) is 27.0 Å². The van der Waals surface area contributed by atoms with Gasteiger partial charge in [-0.1, -0.05) is 72.2 Å². The Hall–Kier alpha value is -2.23. The SMILES string of the molecule is C=CCn1c(SCC(=O)Nc2nnc(C3CCCCC3)s2)nnc1-c1cccc(Cl)c1. The molecule has 162 valence electrons. The van der Waals surface area contributed by atoms with E-state index in [1.165, 1.54) is 42.4 Å². The summed E-state index contributed by atoms with van der Waals surface area (Å²) in [5.41, 5.74) is 0.863. The molecule has 0 aliphatic heterocycles. The van der Waals surface area contributed by atoms with Crippen LogP contribution in [0, 0.1) is 0 Å². The number of carbonyl (C=O) groups is 1. The van der Waals surface area contributed by atoms with Gasteiger partial charge in [-0.25, -0.2) is 0 Å². The van der Waals surface area contributed by atoms with Crippen LogP contribution in [-0.4, -0.2) is 36.6 Å². The van der Waals surface area contributed by atoms with Crippen molar-refractivity contribution in [1.29, 1.82) is 0 Å². The number of amides is 1. The van der Waals surface area contributed by atoms with Crippen LogP contribution in [0.5, 0.6) is 0 Å². The van der Waals surface area contributed by atoms with Gasteiger partial charge < -0.3 is 0 Å². The minimum Gasteiger partial charge on any atom is -0.300 e. The summed E-state index contributed by atoms with van der Waals surface area (Å²) in [4.78, 5) is 12.5. The average Bonchev–Trinajstić information content (AvgIpc) is 3.40. The zero-order chi connectivity index (χ0) is 21.6. The fourth-order valence-electron chi connectivity index (χ4n) is 3.62. The molecule has 4 rings (SSSR count). The molecule has 1 N–H and O–H groups in total. The van der Waals surface area contributed by atoms with E-state index >= 15 is 0 Å². The van der Waals surface area contributed by atoms with Crippen molar-refractivity contribution in [2.45, 2.75) is 49.7 Å². The van der Waals surface area contributed by atoms with Crippen molar-refractivity contribution in [2.24, 2.45) is 0 Å². The topological polar surface area (TPSA) is 85.6 Å². The van der Waals surface area contributed by atoms with Crippen molar-refractivity contribution in [2.75, 3.05) is 11.1 Å². The maximum Gasteiger partial charge on any atom is 0.236 e. The lowest BCUT2D eigenvalue weighted by atomic mass is 9.90. The molecule has 31 heavy (non-hydrogen) atoms. The second-order valence-corrected chi connectivity index (χ2v) is 9.72. The highest BCUT2D eigenvalue weighted by molar-refractivity contribution is 7.99. The van der Waals surface area contributed by atoms with Gasteiger partial charge in [0.25, 0.3) is 0 Å². The Balaban J connectivity index is 1.39. The maximum absolute atomic E-state index is 12.5.